The van der Waals surface area contributed by atoms with Gasteiger partial charge < -0.3 is 10.6 Å². The first-order valence-corrected chi connectivity index (χ1v) is 6.58. The van der Waals surface area contributed by atoms with E-state index in [1.807, 2.05) is 18.7 Å². The van der Waals surface area contributed by atoms with Gasteiger partial charge in [0.05, 0.1) is 11.0 Å². The van der Waals surface area contributed by atoms with E-state index in [1.165, 1.54) is 5.56 Å². The molecule has 3 rings (SSSR count). The Bertz CT molecular complexity index is 754. The summed E-state index contributed by atoms with van der Waals surface area (Å²) < 4.78 is 1.98. The summed E-state index contributed by atoms with van der Waals surface area (Å²) in [5, 5.41) is 0. The highest BCUT2D eigenvalue weighted by Gasteiger charge is 2.10. The highest BCUT2D eigenvalue weighted by atomic mass is 15.2. The number of aryl methyl sites for hydroxylation is 1. The van der Waals surface area contributed by atoms with Gasteiger partial charge in [-0.1, -0.05) is 6.07 Å². The molecule has 3 aromatic rings. The second kappa shape index (κ2) is 4.56. The summed E-state index contributed by atoms with van der Waals surface area (Å²) in [5.74, 6) is 0.517. The van der Waals surface area contributed by atoms with Crippen LogP contribution in [0.1, 0.15) is 5.56 Å². The van der Waals surface area contributed by atoms with E-state index < -0.39 is 0 Å². The number of imidazole rings is 1. The molecule has 0 saturated carbocycles. The van der Waals surface area contributed by atoms with Crippen molar-refractivity contribution in [3.63, 3.8) is 0 Å². The monoisotopic (exact) mass is 266 g/mol. The van der Waals surface area contributed by atoms with Crippen molar-refractivity contribution in [3.8, 4) is 5.69 Å². The first-order valence-electron chi connectivity index (χ1n) is 6.58. The van der Waals surface area contributed by atoms with Crippen molar-refractivity contribution < 1.29 is 0 Å². The van der Waals surface area contributed by atoms with Crippen LogP contribution in [0.3, 0.4) is 0 Å². The van der Waals surface area contributed by atoms with Gasteiger partial charge in [-0.2, -0.15) is 0 Å². The van der Waals surface area contributed by atoms with Crippen molar-refractivity contribution in [2.24, 2.45) is 0 Å². The molecule has 0 aliphatic carbocycles. The van der Waals surface area contributed by atoms with Crippen LogP contribution in [-0.2, 0) is 0 Å². The third-order valence-electron chi connectivity index (χ3n) is 3.46. The summed E-state index contributed by atoms with van der Waals surface area (Å²) in [4.78, 5) is 6.51. The summed E-state index contributed by atoms with van der Waals surface area (Å²) >= 11 is 0. The number of benzene rings is 2. The number of aromatic nitrogens is 2. The fraction of sp³-hybridized carbons (Fsp3) is 0.188. The lowest BCUT2D eigenvalue weighted by Gasteiger charge is -2.13. The Hall–Kier alpha value is -2.49. The van der Waals surface area contributed by atoms with Crippen LogP contribution in [-0.4, -0.2) is 23.6 Å². The average molecular weight is 266 g/mol. The Labute approximate surface area is 118 Å². The molecule has 102 valence electrons. The Morgan fingerprint density at radius 2 is 1.75 bits per heavy atom. The summed E-state index contributed by atoms with van der Waals surface area (Å²) in [6.45, 7) is 2.06. The van der Waals surface area contributed by atoms with Crippen LogP contribution >= 0.6 is 0 Å². The predicted octanol–water partition coefficient (Wildman–Crippen LogP) is 2.98. The molecule has 1 heterocycles. The molecule has 0 unspecified atom stereocenters. The van der Waals surface area contributed by atoms with Gasteiger partial charge in [0, 0.05) is 25.5 Å². The van der Waals surface area contributed by atoms with Crippen LogP contribution < -0.4 is 10.6 Å². The molecular formula is C16H18N4. The first-order chi connectivity index (χ1) is 9.56. The number of hydrogen-bond donors (Lipinski definition) is 1. The van der Waals surface area contributed by atoms with Crippen LogP contribution in [0.5, 0.6) is 0 Å². The normalized spacial score (nSPS) is 10.9. The third-order valence-corrected chi connectivity index (χ3v) is 3.46. The topological polar surface area (TPSA) is 47.1 Å². The Morgan fingerprint density at radius 3 is 2.40 bits per heavy atom. The van der Waals surface area contributed by atoms with Gasteiger partial charge >= 0.3 is 0 Å². The highest BCUT2D eigenvalue weighted by Crippen LogP contribution is 2.25. The van der Waals surface area contributed by atoms with E-state index in [4.69, 9.17) is 5.73 Å². The Balaban J connectivity index is 2.16. The molecule has 1 aromatic heterocycles. The molecule has 0 radical (unpaired) electrons. The fourth-order valence-corrected chi connectivity index (χ4v) is 2.38. The molecule has 4 nitrogen and oxygen atoms in total. The molecule has 0 aliphatic rings. The Morgan fingerprint density at radius 1 is 1.05 bits per heavy atom. The van der Waals surface area contributed by atoms with Crippen LogP contribution in [0.25, 0.3) is 16.7 Å². The number of fused-ring (bicyclic) bond motifs is 1. The largest absolute Gasteiger partial charge is 0.378 e. The van der Waals surface area contributed by atoms with Gasteiger partial charge in [-0.3, -0.25) is 4.57 Å². The van der Waals surface area contributed by atoms with Gasteiger partial charge in [-0.05, 0) is 48.9 Å². The summed E-state index contributed by atoms with van der Waals surface area (Å²) in [6, 6.07) is 14.5. The zero-order chi connectivity index (χ0) is 14.3. The number of nitrogen functional groups attached to an aromatic ring is 1. The third kappa shape index (κ3) is 1.99. The zero-order valence-corrected chi connectivity index (χ0v) is 12.0. The van der Waals surface area contributed by atoms with E-state index in [-0.39, 0.29) is 0 Å². The second-order valence-corrected chi connectivity index (χ2v) is 5.21. The lowest BCUT2D eigenvalue weighted by Crippen LogP contribution is -2.08. The molecule has 2 aromatic carbocycles. The standard InChI is InChI=1S/C16H18N4/c1-11-4-9-15-14(10-11)18-16(17)20(15)13-7-5-12(6-8-13)19(2)3/h4-10H,1-3H3,(H2,17,18). The van der Waals surface area contributed by atoms with Crippen molar-refractivity contribution in [1.82, 2.24) is 9.55 Å². The molecule has 2 N–H and O–H groups in total. The second-order valence-electron chi connectivity index (χ2n) is 5.21. The lowest BCUT2D eigenvalue weighted by atomic mass is 10.2. The van der Waals surface area contributed by atoms with Crippen molar-refractivity contribution in [2.75, 3.05) is 24.7 Å². The highest BCUT2D eigenvalue weighted by molar-refractivity contribution is 5.81. The summed E-state index contributed by atoms with van der Waals surface area (Å²) in [5.41, 5.74) is 11.4. The molecule has 0 bridgehead atoms. The van der Waals surface area contributed by atoms with E-state index in [0.717, 1.165) is 22.4 Å². The van der Waals surface area contributed by atoms with Crippen molar-refractivity contribution in [2.45, 2.75) is 6.92 Å². The summed E-state index contributed by atoms with van der Waals surface area (Å²) in [7, 11) is 4.05. The fourth-order valence-electron chi connectivity index (χ4n) is 2.38. The van der Waals surface area contributed by atoms with E-state index in [9.17, 15) is 0 Å². The smallest absolute Gasteiger partial charge is 0.205 e. The van der Waals surface area contributed by atoms with Gasteiger partial charge in [0.15, 0.2) is 0 Å². The maximum atomic E-state index is 6.07. The van der Waals surface area contributed by atoms with E-state index in [1.54, 1.807) is 0 Å². The van der Waals surface area contributed by atoms with Crippen LogP contribution in [0.2, 0.25) is 0 Å². The van der Waals surface area contributed by atoms with Gasteiger partial charge in [0.2, 0.25) is 5.95 Å². The molecule has 0 spiro atoms. The van der Waals surface area contributed by atoms with E-state index >= 15 is 0 Å². The molecule has 0 saturated heterocycles. The Kier molecular flexibility index (Phi) is 2.86. The van der Waals surface area contributed by atoms with Gasteiger partial charge in [-0.15, -0.1) is 0 Å². The minimum atomic E-state index is 0.517. The number of nitrogens with two attached hydrogens (primary N) is 1. The maximum Gasteiger partial charge on any atom is 0.205 e. The lowest BCUT2D eigenvalue weighted by molar-refractivity contribution is 1.09. The quantitative estimate of drug-likeness (QED) is 0.775. The van der Waals surface area contributed by atoms with Crippen LogP contribution in [0, 0.1) is 6.92 Å². The van der Waals surface area contributed by atoms with Crippen LogP contribution in [0.4, 0.5) is 11.6 Å². The molecule has 0 fully saturated rings. The van der Waals surface area contributed by atoms with Crippen molar-refractivity contribution in [3.05, 3.63) is 48.0 Å². The molecule has 0 atom stereocenters. The minimum absolute atomic E-state index is 0.517. The van der Waals surface area contributed by atoms with E-state index in [2.05, 4.69) is 59.3 Å². The molecule has 0 aliphatic heterocycles. The minimum Gasteiger partial charge on any atom is -0.378 e. The maximum absolute atomic E-state index is 6.07. The molecule has 4 heteroatoms. The number of rotatable bonds is 2. The molecule has 0 amide bonds. The average Bonchev–Trinajstić information content (AvgIpc) is 2.73. The van der Waals surface area contributed by atoms with Crippen molar-refractivity contribution >= 4 is 22.7 Å². The number of hydrogen-bond acceptors (Lipinski definition) is 3. The van der Waals surface area contributed by atoms with Gasteiger partial charge in [0.25, 0.3) is 0 Å². The van der Waals surface area contributed by atoms with Gasteiger partial charge in [0.1, 0.15) is 0 Å². The number of anilines is 2. The van der Waals surface area contributed by atoms with E-state index in [0.29, 0.717) is 5.95 Å². The molecule has 20 heavy (non-hydrogen) atoms. The number of nitrogens with zero attached hydrogens (tertiary/aromatic N) is 3. The SMILES string of the molecule is Cc1ccc2c(c1)nc(N)n2-c1ccc(N(C)C)cc1. The van der Waals surface area contributed by atoms with Gasteiger partial charge in [-0.25, -0.2) is 4.98 Å². The zero-order valence-electron chi connectivity index (χ0n) is 12.0. The summed E-state index contributed by atoms with van der Waals surface area (Å²) in [6.07, 6.45) is 0. The first kappa shape index (κ1) is 12.5. The predicted molar refractivity (Wildman–Crippen MR) is 84.5 cm³/mol. The van der Waals surface area contributed by atoms with Crippen LogP contribution in [0.15, 0.2) is 42.5 Å². The molecular weight excluding hydrogens is 248 g/mol. The van der Waals surface area contributed by atoms with Crippen molar-refractivity contribution in [1.29, 1.82) is 0 Å².